The van der Waals surface area contributed by atoms with Gasteiger partial charge in [0.1, 0.15) is 10.8 Å². The maximum absolute atomic E-state index is 13.0. The summed E-state index contributed by atoms with van der Waals surface area (Å²) in [5.41, 5.74) is 1.99. The van der Waals surface area contributed by atoms with Crippen LogP contribution in [0, 0.1) is 5.82 Å². The largest absolute Gasteiger partial charge is 0.393 e. The van der Waals surface area contributed by atoms with E-state index in [0.717, 1.165) is 68.3 Å². The van der Waals surface area contributed by atoms with E-state index in [4.69, 9.17) is 0 Å². The Bertz CT molecular complexity index is 623. The van der Waals surface area contributed by atoms with E-state index in [2.05, 4.69) is 20.6 Å². The molecule has 1 aromatic carbocycles. The number of aliphatic hydroxyl groups is 1. The molecule has 4 nitrogen and oxygen atoms in total. The average Bonchev–Trinajstić information content (AvgIpc) is 3.06. The normalized spacial score (nSPS) is 16.6. The zero-order valence-corrected chi connectivity index (χ0v) is 14.6. The van der Waals surface area contributed by atoms with Crippen molar-refractivity contribution in [2.75, 3.05) is 26.2 Å². The van der Waals surface area contributed by atoms with Gasteiger partial charge in [-0.15, -0.1) is 11.3 Å². The van der Waals surface area contributed by atoms with Crippen molar-refractivity contribution in [2.45, 2.75) is 31.9 Å². The second-order valence-corrected chi connectivity index (χ2v) is 7.11. The number of nitrogens with one attached hydrogen (secondary N) is 1. The lowest BCUT2D eigenvalue weighted by Gasteiger charge is -2.29. The third kappa shape index (κ3) is 5.08. The summed E-state index contributed by atoms with van der Waals surface area (Å²) < 4.78 is 13.0. The lowest BCUT2D eigenvalue weighted by Crippen LogP contribution is -2.37. The summed E-state index contributed by atoms with van der Waals surface area (Å²) in [6.45, 7) is 4.82. The van der Waals surface area contributed by atoms with Gasteiger partial charge in [0, 0.05) is 30.6 Å². The molecule has 1 aliphatic heterocycles. The number of benzene rings is 1. The van der Waals surface area contributed by atoms with Crippen LogP contribution in [0.2, 0.25) is 0 Å². The van der Waals surface area contributed by atoms with Crippen molar-refractivity contribution in [3.05, 3.63) is 41.2 Å². The van der Waals surface area contributed by atoms with Crippen LogP contribution in [-0.4, -0.2) is 47.3 Å². The minimum atomic E-state index is -0.222. The van der Waals surface area contributed by atoms with Crippen molar-refractivity contribution in [3.8, 4) is 10.6 Å². The van der Waals surface area contributed by atoms with Crippen LogP contribution in [0.15, 0.2) is 29.6 Å². The van der Waals surface area contributed by atoms with Crippen molar-refractivity contribution in [1.82, 2.24) is 15.2 Å². The number of aromatic nitrogens is 1. The monoisotopic (exact) mass is 349 g/mol. The maximum Gasteiger partial charge on any atom is 0.123 e. The van der Waals surface area contributed by atoms with E-state index in [1.165, 1.54) is 12.1 Å². The molecular formula is C18H24FN3OS. The summed E-state index contributed by atoms with van der Waals surface area (Å²) in [5, 5.41) is 15.9. The van der Waals surface area contributed by atoms with Gasteiger partial charge >= 0.3 is 0 Å². The molecule has 3 rings (SSSR count). The first-order valence-corrected chi connectivity index (χ1v) is 9.40. The summed E-state index contributed by atoms with van der Waals surface area (Å²) in [6, 6.07) is 6.46. The molecule has 1 fully saturated rings. The van der Waals surface area contributed by atoms with E-state index in [1.807, 2.05) is 0 Å². The lowest BCUT2D eigenvalue weighted by molar-refractivity contribution is 0.0821. The summed E-state index contributed by atoms with van der Waals surface area (Å²) in [4.78, 5) is 7.02. The van der Waals surface area contributed by atoms with Crippen LogP contribution in [0.3, 0.4) is 0 Å². The number of likely N-dealkylation sites (tertiary alicyclic amines) is 1. The van der Waals surface area contributed by atoms with Gasteiger partial charge in [-0.3, -0.25) is 0 Å². The van der Waals surface area contributed by atoms with Crippen molar-refractivity contribution < 1.29 is 9.50 Å². The molecule has 0 atom stereocenters. The predicted molar refractivity (Wildman–Crippen MR) is 95.5 cm³/mol. The highest BCUT2D eigenvalue weighted by atomic mass is 32.1. The molecule has 2 N–H and O–H groups in total. The van der Waals surface area contributed by atoms with Crippen LogP contribution in [0.25, 0.3) is 10.6 Å². The maximum atomic E-state index is 13.0. The topological polar surface area (TPSA) is 48.4 Å². The number of nitrogens with zero attached hydrogens (tertiary/aromatic N) is 2. The number of aliphatic hydroxyl groups excluding tert-OH is 1. The summed E-state index contributed by atoms with van der Waals surface area (Å²) in [7, 11) is 0. The smallest absolute Gasteiger partial charge is 0.123 e. The Morgan fingerprint density at radius 1 is 1.25 bits per heavy atom. The highest BCUT2D eigenvalue weighted by molar-refractivity contribution is 7.13. The highest BCUT2D eigenvalue weighted by Gasteiger charge is 2.15. The van der Waals surface area contributed by atoms with Crippen molar-refractivity contribution in [3.63, 3.8) is 0 Å². The fourth-order valence-corrected chi connectivity index (χ4v) is 3.73. The zero-order chi connectivity index (χ0) is 16.8. The second kappa shape index (κ2) is 8.67. The molecular weight excluding hydrogens is 325 g/mol. The Hall–Kier alpha value is -1.34. The molecule has 6 heteroatoms. The molecule has 0 saturated carbocycles. The fourth-order valence-electron chi connectivity index (χ4n) is 2.90. The molecule has 2 aromatic rings. The molecule has 0 radical (unpaired) electrons. The number of hydrogen-bond acceptors (Lipinski definition) is 5. The average molecular weight is 349 g/mol. The van der Waals surface area contributed by atoms with E-state index in [1.54, 1.807) is 23.5 Å². The molecule has 1 aromatic heterocycles. The van der Waals surface area contributed by atoms with Gasteiger partial charge in [-0.2, -0.15) is 0 Å². The summed E-state index contributed by atoms with van der Waals surface area (Å²) in [6.07, 6.45) is 2.81. The van der Waals surface area contributed by atoms with Crippen LogP contribution in [0.1, 0.15) is 25.0 Å². The standard InChI is InChI=1S/C18H24FN3OS/c19-15-4-2-14(3-5-15)18-21-16(13-24-18)12-20-8-1-9-22-10-6-17(23)7-11-22/h2-5,13,17,20,23H,1,6-12H2. The highest BCUT2D eigenvalue weighted by Crippen LogP contribution is 2.23. The van der Waals surface area contributed by atoms with Gasteiger partial charge in [0.15, 0.2) is 0 Å². The first kappa shape index (κ1) is 17.5. The molecule has 0 unspecified atom stereocenters. The van der Waals surface area contributed by atoms with E-state index >= 15 is 0 Å². The number of rotatable bonds is 7. The molecule has 0 spiro atoms. The Morgan fingerprint density at radius 3 is 2.75 bits per heavy atom. The summed E-state index contributed by atoms with van der Waals surface area (Å²) in [5.74, 6) is -0.222. The van der Waals surface area contributed by atoms with E-state index in [0.29, 0.717) is 0 Å². The first-order chi connectivity index (χ1) is 11.7. The van der Waals surface area contributed by atoms with Gasteiger partial charge in [-0.1, -0.05) is 0 Å². The summed E-state index contributed by atoms with van der Waals surface area (Å²) >= 11 is 1.59. The van der Waals surface area contributed by atoms with Crippen molar-refractivity contribution in [2.24, 2.45) is 0 Å². The third-order valence-corrected chi connectivity index (χ3v) is 5.27. The molecule has 2 heterocycles. The van der Waals surface area contributed by atoms with Crippen LogP contribution >= 0.6 is 11.3 Å². The van der Waals surface area contributed by atoms with E-state index in [9.17, 15) is 9.50 Å². The quantitative estimate of drug-likeness (QED) is 0.755. The number of hydrogen-bond donors (Lipinski definition) is 2. The first-order valence-electron chi connectivity index (χ1n) is 8.52. The third-order valence-electron chi connectivity index (χ3n) is 4.33. The van der Waals surface area contributed by atoms with E-state index in [-0.39, 0.29) is 11.9 Å². The van der Waals surface area contributed by atoms with Crippen LogP contribution in [0.5, 0.6) is 0 Å². The van der Waals surface area contributed by atoms with Gasteiger partial charge in [0.25, 0.3) is 0 Å². The van der Waals surface area contributed by atoms with Crippen LogP contribution in [0.4, 0.5) is 4.39 Å². The van der Waals surface area contributed by atoms with Crippen molar-refractivity contribution >= 4 is 11.3 Å². The Kier molecular flexibility index (Phi) is 6.31. The molecule has 1 aliphatic rings. The molecule has 130 valence electrons. The van der Waals surface area contributed by atoms with Gasteiger partial charge < -0.3 is 15.3 Å². The van der Waals surface area contributed by atoms with Gasteiger partial charge in [0.2, 0.25) is 0 Å². The number of halogens is 1. The van der Waals surface area contributed by atoms with E-state index < -0.39 is 0 Å². The van der Waals surface area contributed by atoms with Gasteiger partial charge in [-0.25, -0.2) is 9.37 Å². The molecule has 0 bridgehead atoms. The lowest BCUT2D eigenvalue weighted by atomic mass is 10.1. The molecule has 0 amide bonds. The Morgan fingerprint density at radius 2 is 2.00 bits per heavy atom. The number of piperidine rings is 1. The zero-order valence-electron chi connectivity index (χ0n) is 13.7. The fraction of sp³-hybridized carbons (Fsp3) is 0.500. The van der Waals surface area contributed by atoms with Crippen molar-refractivity contribution in [1.29, 1.82) is 0 Å². The minimum absolute atomic E-state index is 0.0978. The van der Waals surface area contributed by atoms with Gasteiger partial charge in [0.05, 0.1) is 11.8 Å². The van der Waals surface area contributed by atoms with Crippen LogP contribution in [-0.2, 0) is 6.54 Å². The molecule has 1 saturated heterocycles. The van der Waals surface area contributed by atoms with Crippen LogP contribution < -0.4 is 5.32 Å². The predicted octanol–water partition coefficient (Wildman–Crippen LogP) is 2.89. The second-order valence-electron chi connectivity index (χ2n) is 6.25. The molecule has 24 heavy (non-hydrogen) atoms. The number of thiazole rings is 1. The van der Waals surface area contributed by atoms with Gasteiger partial charge in [-0.05, 0) is 56.6 Å². The Balaban J connectivity index is 1.36. The SMILES string of the molecule is OC1CCN(CCCNCc2csc(-c3ccc(F)cc3)n2)CC1. The minimum Gasteiger partial charge on any atom is -0.393 e. The molecule has 0 aliphatic carbocycles. The Labute approximate surface area is 146 Å².